The monoisotopic (exact) mass is 279 g/mol. The Labute approximate surface area is 123 Å². The normalized spacial score (nSPS) is 10.6. The third-order valence-electron chi connectivity index (χ3n) is 3.44. The first-order valence-electron chi connectivity index (χ1n) is 6.79. The van der Waals surface area contributed by atoms with Gasteiger partial charge in [-0.3, -0.25) is 0 Å². The highest BCUT2D eigenvalue weighted by Gasteiger charge is 2.06. The summed E-state index contributed by atoms with van der Waals surface area (Å²) in [5.41, 5.74) is 7.70. The number of nitrogens with zero attached hydrogens (tertiary/aromatic N) is 1. The molecule has 0 atom stereocenters. The predicted octanol–water partition coefficient (Wildman–Crippen LogP) is 3.45. The van der Waals surface area contributed by atoms with Gasteiger partial charge in [-0.2, -0.15) is 0 Å². The van der Waals surface area contributed by atoms with Crippen molar-refractivity contribution in [2.45, 2.75) is 6.54 Å². The van der Waals surface area contributed by atoms with E-state index in [0.717, 1.165) is 33.6 Å². The van der Waals surface area contributed by atoms with E-state index in [1.54, 1.807) is 13.3 Å². The molecule has 0 spiro atoms. The number of aromatic nitrogens is 1. The lowest BCUT2D eigenvalue weighted by Gasteiger charge is -2.11. The quantitative estimate of drug-likeness (QED) is 0.768. The lowest BCUT2D eigenvalue weighted by atomic mass is 10.1. The minimum atomic E-state index is 0.546. The van der Waals surface area contributed by atoms with Gasteiger partial charge >= 0.3 is 0 Å². The number of anilines is 2. The molecule has 3 aromatic rings. The Kier molecular flexibility index (Phi) is 3.71. The Bertz CT molecular complexity index is 754. The summed E-state index contributed by atoms with van der Waals surface area (Å²) in [5.74, 6) is 1.66. The third kappa shape index (κ3) is 2.66. The Balaban J connectivity index is 2.00. The average molecular weight is 279 g/mol. The number of rotatable bonds is 4. The number of nitrogens with two attached hydrogens (primary N) is 1. The van der Waals surface area contributed by atoms with E-state index in [1.165, 1.54) is 0 Å². The van der Waals surface area contributed by atoms with Gasteiger partial charge in [-0.05, 0) is 29.8 Å². The summed E-state index contributed by atoms with van der Waals surface area (Å²) in [6, 6.07) is 15.9. The molecule has 0 aliphatic heterocycles. The number of pyridine rings is 1. The first kappa shape index (κ1) is 13.4. The molecule has 0 amide bonds. The molecule has 0 bridgehead atoms. The Morgan fingerprint density at radius 3 is 2.57 bits per heavy atom. The van der Waals surface area contributed by atoms with Gasteiger partial charge < -0.3 is 15.8 Å². The maximum Gasteiger partial charge on any atom is 0.138 e. The largest absolute Gasteiger partial charge is 0.496 e. The molecule has 0 unspecified atom stereocenters. The van der Waals surface area contributed by atoms with Gasteiger partial charge in [0.1, 0.15) is 11.6 Å². The van der Waals surface area contributed by atoms with E-state index in [0.29, 0.717) is 6.54 Å². The van der Waals surface area contributed by atoms with Gasteiger partial charge in [-0.1, -0.05) is 24.3 Å². The summed E-state index contributed by atoms with van der Waals surface area (Å²) >= 11 is 0. The average Bonchev–Trinajstić information content (AvgIpc) is 2.55. The number of hydrogen-bond acceptors (Lipinski definition) is 4. The maximum atomic E-state index is 5.61. The SMILES string of the molecule is COc1cccc2c(Nc3ccc(CN)cc3)nccc12. The maximum absolute atomic E-state index is 5.61. The molecule has 0 fully saturated rings. The van der Waals surface area contributed by atoms with Crippen molar-refractivity contribution >= 4 is 22.3 Å². The second-order valence-electron chi connectivity index (χ2n) is 4.74. The van der Waals surface area contributed by atoms with Gasteiger partial charge in [0.2, 0.25) is 0 Å². The van der Waals surface area contributed by atoms with Gasteiger partial charge in [0.15, 0.2) is 0 Å². The highest BCUT2D eigenvalue weighted by Crippen LogP contribution is 2.30. The molecule has 0 radical (unpaired) electrons. The standard InChI is InChI=1S/C17H17N3O/c1-21-16-4-2-3-15-14(16)9-10-19-17(15)20-13-7-5-12(11-18)6-8-13/h2-10H,11,18H2,1H3,(H,19,20). The van der Waals surface area contributed by atoms with Gasteiger partial charge in [0.05, 0.1) is 7.11 Å². The Hall–Kier alpha value is -2.59. The second-order valence-corrected chi connectivity index (χ2v) is 4.74. The molecule has 0 aliphatic carbocycles. The van der Waals surface area contributed by atoms with Crippen LogP contribution < -0.4 is 15.8 Å². The molecule has 1 heterocycles. The molecule has 4 heteroatoms. The van der Waals surface area contributed by atoms with Crippen LogP contribution in [0.3, 0.4) is 0 Å². The predicted molar refractivity (Wildman–Crippen MR) is 85.9 cm³/mol. The van der Waals surface area contributed by atoms with Crippen LogP contribution in [0.2, 0.25) is 0 Å². The molecule has 106 valence electrons. The lowest BCUT2D eigenvalue weighted by Crippen LogP contribution is -1.98. The summed E-state index contributed by atoms with van der Waals surface area (Å²) in [7, 11) is 1.67. The number of methoxy groups -OCH3 is 1. The van der Waals surface area contributed by atoms with Crippen LogP contribution in [0, 0.1) is 0 Å². The van der Waals surface area contributed by atoms with Crippen LogP contribution in [-0.2, 0) is 6.54 Å². The molecular formula is C17H17N3O. The lowest BCUT2D eigenvalue weighted by molar-refractivity contribution is 0.420. The molecular weight excluding hydrogens is 262 g/mol. The highest BCUT2D eigenvalue weighted by molar-refractivity contribution is 5.96. The van der Waals surface area contributed by atoms with Crippen LogP contribution in [0.25, 0.3) is 10.8 Å². The molecule has 3 N–H and O–H groups in total. The van der Waals surface area contributed by atoms with Gasteiger partial charge in [-0.25, -0.2) is 4.98 Å². The van der Waals surface area contributed by atoms with E-state index in [4.69, 9.17) is 10.5 Å². The smallest absolute Gasteiger partial charge is 0.138 e. The first-order valence-corrected chi connectivity index (χ1v) is 6.79. The minimum absolute atomic E-state index is 0.546. The molecule has 21 heavy (non-hydrogen) atoms. The Morgan fingerprint density at radius 2 is 1.86 bits per heavy atom. The summed E-state index contributed by atoms with van der Waals surface area (Å²) in [6.07, 6.45) is 1.78. The van der Waals surface area contributed by atoms with Gasteiger partial charge in [-0.15, -0.1) is 0 Å². The zero-order valence-corrected chi connectivity index (χ0v) is 11.8. The molecule has 1 aromatic heterocycles. The van der Waals surface area contributed by atoms with Crippen molar-refractivity contribution in [2.24, 2.45) is 5.73 Å². The summed E-state index contributed by atoms with van der Waals surface area (Å²) in [4.78, 5) is 4.43. The van der Waals surface area contributed by atoms with Crippen LogP contribution >= 0.6 is 0 Å². The summed E-state index contributed by atoms with van der Waals surface area (Å²) < 4.78 is 5.39. The first-order chi connectivity index (χ1) is 10.3. The second kappa shape index (κ2) is 5.81. The van der Waals surface area contributed by atoms with E-state index < -0.39 is 0 Å². The Morgan fingerprint density at radius 1 is 1.05 bits per heavy atom. The van der Waals surface area contributed by atoms with Crippen LogP contribution in [0.1, 0.15) is 5.56 Å². The van der Waals surface area contributed by atoms with Gasteiger partial charge in [0.25, 0.3) is 0 Å². The minimum Gasteiger partial charge on any atom is -0.496 e. The highest BCUT2D eigenvalue weighted by atomic mass is 16.5. The van der Waals surface area contributed by atoms with Crippen molar-refractivity contribution in [2.75, 3.05) is 12.4 Å². The van der Waals surface area contributed by atoms with E-state index in [2.05, 4.69) is 10.3 Å². The van der Waals surface area contributed by atoms with Crippen LogP contribution in [-0.4, -0.2) is 12.1 Å². The van der Waals surface area contributed by atoms with Crippen LogP contribution in [0.15, 0.2) is 54.7 Å². The summed E-state index contributed by atoms with van der Waals surface area (Å²) in [5, 5.41) is 5.41. The number of fused-ring (bicyclic) bond motifs is 1. The van der Waals surface area contributed by atoms with Crippen molar-refractivity contribution in [3.8, 4) is 5.75 Å². The molecule has 4 nitrogen and oxygen atoms in total. The van der Waals surface area contributed by atoms with E-state index >= 15 is 0 Å². The number of nitrogens with one attached hydrogen (secondary N) is 1. The molecule has 0 aliphatic rings. The van der Waals surface area contributed by atoms with E-state index in [-0.39, 0.29) is 0 Å². The van der Waals surface area contributed by atoms with E-state index in [1.807, 2.05) is 48.5 Å². The van der Waals surface area contributed by atoms with Crippen molar-refractivity contribution in [1.82, 2.24) is 4.98 Å². The number of hydrogen-bond donors (Lipinski definition) is 2. The van der Waals surface area contributed by atoms with Crippen LogP contribution in [0.4, 0.5) is 11.5 Å². The topological polar surface area (TPSA) is 60.2 Å². The van der Waals surface area contributed by atoms with Gasteiger partial charge in [0, 0.05) is 29.2 Å². The van der Waals surface area contributed by atoms with Crippen molar-refractivity contribution in [3.05, 3.63) is 60.3 Å². The molecule has 0 saturated heterocycles. The fraction of sp³-hybridized carbons (Fsp3) is 0.118. The van der Waals surface area contributed by atoms with Crippen LogP contribution in [0.5, 0.6) is 5.75 Å². The fourth-order valence-corrected chi connectivity index (χ4v) is 2.32. The van der Waals surface area contributed by atoms with Crippen molar-refractivity contribution < 1.29 is 4.74 Å². The number of benzene rings is 2. The molecule has 3 rings (SSSR count). The zero-order valence-electron chi connectivity index (χ0n) is 11.8. The zero-order chi connectivity index (χ0) is 14.7. The molecule has 2 aromatic carbocycles. The molecule has 0 saturated carbocycles. The van der Waals surface area contributed by atoms with Crippen molar-refractivity contribution in [1.29, 1.82) is 0 Å². The third-order valence-corrected chi connectivity index (χ3v) is 3.44. The summed E-state index contributed by atoms with van der Waals surface area (Å²) in [6.45, 7) is 0.546. The van der Waals surface area contributed by atoms with E-state index in [9.17, 15) is 0 Å². The fourth-order valence-electron chi connectivity index (χ4n) is 2.32. The number of ether oxygens (including phenoxy) is 1. The van der Waals surface area contributed by atoms with Crippen molar-refractivity contribution in [3.63, 3.8) is 0 Å².